The minimum Gasteiger partial charge on any atom is -0.452 e. The number of anilines is 2. The number of hydrogen-bond acceptors (Lipinski definition) is 7. The van der Waals surface area contributed by atoms with Gasteiger partial charge in [0.2, 0.25) is 20.0 Å². The summed E-state index contributed by atoms with van der Waals surface area (Å²) in [5.74, 6) is -1.53. The summed E-state index contributed by atoms with van der Waals surface area (Å²) in [6.45, 7) is 3.54. The highest BCUT2D eigenvalue weighted by Crippen LogP contribution is 2.19. The molecule has 0 saturated carbocycles. The van der Waals surface area contributed by atoms with E-state index in [0.717, 1.165) is 6.26 Å². The lowest BCUT2D eigenvalue weighted by Crippen LogP contribution is -2.30. The minimum absolute atomic E-state index is 0.0328. The number of benzene rings is 2. The van der Waals surface area contributed by atoms with Gasteiger partial charge in [0.15, 0.2) is 6.61 Å². The Labute approximate surface area is 187 Å². The fourth-order valence-corrected chi connectivity index (χ4v) is 4.81. The molecule has 2 N–H and O–H groups in total. The fourth-order valence-electron chi connectivity index (χ4n) is 2.78. The molecule has 0 unspecified atom stereocenters. The van der Waals surface area contributed by atoms with E-state index in [-0.39, 0.29) is 16.1 Å². The number of ether oxygens (including phenoxy) is 1. The predicted molar refractivity (Wildman–Crippen MR) is 120 cm³/mol. The van der Waals surface area contributed by atoms with Crippen molar-refractivity contribution in [2.75, 3.05) is 36.0 Å². The Hall–Kier alpha value is -2.96. The summed E-state index contributed by atoms with van der Waals surface area (Å²) in [7, 11) is -7.22. The van der Waals surface area contributed by atoms with Gasteiger partial charge in [0, 0.05) is 18.8 Å². The van der Waals surface area contributed by atoms with E-state index in [4.69, 9.17) is 4.74 Å². The van der Waals surface area contributed by atoms with Crippen LogP contribution in [-0.4, -0.2) is 59.0 Å². The van der Waals surface area contributed by atoms with Crippen molar-refractivity contribution in [1.29, 1.82) is 0 Å². The summed E-state index contributed by atoms with van der Waals surface area (Å²) in [6, 6.07) is 11.4. The Bertz CT molecular complexity index is 1170. The number of hydrogen-bond donors (Lipinski definition) is 2. The van der Waals surface area contributed by atoms with Crippen molar-refractivity contribution in [2.24, 2.45) is 0 Å². The Morgan fingerprint density at radius 3 is 2.09 bits per heavy atom. The average molecular weight is 484 g/mol. The highest BCUT2D eigenvalue weighted by atomic mass is 32.2. The van der Waals surface area contributed by atoms with E-state index < -0.39 is 38.5 Å². The lowest BCUT2D eigenvalue weighted by Gasteiger charge is -2.18. The van der Waals surface area contributed by atoms with Gasteiger partial charge in [0.05, 0.1) is 22.4 Å². The summed E-state index contributed by atoms with van der Waals surface area (Å²) in [4.78, 5) is 24.5. The van der Waals surface area contributed by atoms with Crippen LogP contribution in [0.5, 0.6) is 0 Å². The Balaban J connectivity index is 2.00. The summed E-state index contributed by atoms with van der Waals surface area (Å²) >= 11 is 0. The molecule has 10 nitrogen and oxygen atoms in total. The summed E-state index contributed by atoms with van der Waals surface area (Å²) in [5, 5.41) is 2.50. The second-order valence-corrected chi connectivity index (χ2v) is 10.3. The van der Waals surface area contributed by atoms with Crippen molar-refractivity contribution in [3.05, 3.63) is 54.1 Å². The number of carbonyl (C=O) groups is 2. The lowest BCUT2D eigenvalue weighted by atomic mass is 10.2. The zero-order chi connectivity index (χ0) is 23.9. The van der Waals surface area contributed by atoms with Crippen LogP contribution in [0, 0.1) is 0 Å². The van der Waals surface area contributed by atoms with Crippen LogP contribution in [0.3, 0.4) is 0 Å². The van der Waals surface area contributed by atoms with E-state index >= 15 is 0 Å². The largest absolute Gasteiger partial charge is 0.452 e. The van der Waals surface area contributed by atoms with Crippen LogP contribution >= 0.6 is 0 Å². The van der Waals surface area contributed by atoms with Gasteiger partial charge >= 0.3 is 5.97 Å². The third-order valence-corrected chi connectivity index (χ3v) is 6.91. The number of amides is 1. The normalized spacial score (nSPS) is 11.8. The van der Waals surface area contributed by atoms with Gasteiger partial charge < -0.3 is 10.1 Å². The number of carbonyl (C=O) groups excluding carboxylic acids is 2. The van der Waals surface area contributed by atoms with E-state index in [1.807, 2.05) is 0 Å². The molecular weight excluding hydrogens is 458 g/mol. The number of para-hydroxylation sites is 1. The van der Waals surface area contributed by atoms with E-state index in [0.29, 0.717) is 18.8 Å². The highest BCUT2D eigenvalue weighted by Gasteiger charge is 2.21. The Morgan fingerprint density at radius 2 is 1.53 bits per heavy atom. The summed E-state index contributed by atoms with van der Waals surface area (Å²) in [5.41, 5.74) is 0.311. The fraction of sp³-hybridized carbons (Fsp3) is 0.300. The van der Waals surface area contributed by atoms with E-state index in [1.54, 1.807) is 19.9 Å². The predicted octanol–water partition coefficient (Wildman–Crippen LogP) is 1.88. The third-order valence-electron chi connectivity index (χ3n) is 4.26. The van der Waals surface area contributed by atoms with Crippen LogP contribution in [-0.2, 0) is 29.6 Å². The monoisotopic (exact) mass is 483 g/mol. The quantitative estimate of drug-likeness (QED) is 0.492. The van der Waals surface area contributed by atoms with Gasteiger partial charge in [-0.05, 0) is 36.4 Å². The summed E-state index contributed by atoms with van der Waals surface area (Å²) < 4.78 is 56.3. The van der Waals surface area contributed by atoms with Crippen molar-refractivity contribution in [3.8, 4) is 0 Å². The maximum atomic E-state index is 12.5. The molecule has 0 aliphatic rings. The van der Waals surface area contributed by atoms with Crippen molar-refractivity contribution in [2.45, 2.75) is 18.7 Å². The zero-order valence-corrected chi connectivity index (χ0v) is 19.5. The molecule has 0 aliphatic carbocycles. The molecule has 0 radical (unpaired) electrons. The molecule has 0 bridgehead atoms. The van der Waals surface area contributed by atoms with Gasteiger partial charge in [0.1, 0.15) is 0 Å². The molecule has 0 heterocycles. The lowest BCUT2D eigenvalue weighted by molar-refractivity contribution is -0.119. The molecule has 2 rings (SSSR count). The Kier molecular flexibility index (Phi) is 8.36. The molecule has 2 aromatic rings. The first kappa shape index (κ1) is 25.3. The molecule has 0 saturated heterocycles. The molecule has 0 fully saturated rings. The van der Waals surface area contributed by atoms with Crippen molar-refractivity contribution in [3.63, 3.8) is 0 Å². The topological polar surface area (TPSA) is 139 Å². The van der Waals surface area contributed by atoms with Gasteiger partial charge in [-0.3, -0.25) is 9.52 Å². The van der Waals surface area contributed by atoms with Crippen molar-refractivity contribution < 1.29 is 31.2 Å². The highest BCUT2D eigenvalue weighted by molar-refractivity contribution is 7.92. The van der Waals surface area contributed by atoms with Crippen molar-refractivity contribution in [1.82, 2.24) is 4.31 Å². The SMILES string of the molecule is CCN(CC)S(=O)(=O)c1ccc(NC(=O)COC(=O)c2ccccc2NS(C)(=O)=O)cc1. The third kappa shape index (κ3) is 6.77. The number of nitrogens with one attached hydrogen (secondary N) is 2. The number of nitrogens with zero attached hydrogens (tertiary/aromatic N) is 1. The maximum absolute atomic E-state index is 12.5. The maximum Gasteiger partial charge on any atom is 0.340 e. The second-order valence-electron chi connectivity index (χ2n) is 6.66. The van der Waals surface area contributed by atoms with Crippen LogP contribution in [0.4, 0.5) is 11.4 Å². The Morgan fingerprint density at radius 1 is 0.938 bits per heavy atom. The molecule has 0 spiro atoms. The number of rotatable bonds is 10. The molecule has 174 valence electrons. The van der Waals surface area contributed by atoms with Crippen LogP contribution in [0.15, 0.2) is 53.4 Å². The van der Waals surface area contributed by atoms with Gasteiger partial charge in [-0.1, -0.05) is 26.0 Å². The first-order chi connectivity index (χ1) is 15.0. The van der Waals surface area contributed by atoms with Gasteiger partial charge in [-0.2, -0.15) is 4.31 Å². The van der Waals surface area contributed by atoms with E-state index in [1.165, 1.54) is 46.8 Å². The first-order valence-electron chi connectivity index (χ1n) is 9.62. The van der Waals surface area contributed by atoms with Crippen LogP contribution in [0.2, 0.25) is 0 Å². The molecule has 32 heavy (non-hydrogen) atoms. The second kappa shape index (κ2) is 10.6. The van der Waals surface area contributed by atoms with Gasteiger partial charge in [-0.15, -0.1) is 0 Å². The van der Waals surface area contributed by atoms with Gasteiger partial charge in [0.25, 0.3) is 5.91 Å². The zero-order valence-electron chi connectivity index (χ0n) is 17.9. The standard InChI is InChI=1S/C20H25N3O7S2/c1-4-23(5-2)32(28,29)16-12-10-15(11-13-16)21-19(24)14-30-20(25)17-8-6-7-9-18(17)22-31(3,26)27/h6-13,22H,4-5,14H2,1-3H3,(H,21,24). The van der Waals surface area contributed by atoms with E-state index in [2.05, 4.69) is 10.0 Å². The average Bonchev–Trinajstić information content (AvgIpc) is 2.72. The molecule has 2 aromatic carbocycles. The number of sulfonamides is 2. The smallest absolute Gasteiger partial charge is 0.340 e. The van der Waals surface area contributed by atoms with Crippen molar-refractivity contribution >= 4 is 43.3 Å². The molecule has 0 aromatic heterocycles. The first-order valence-corrected chi connectivity index (χ1v) is 12.9. The number of esters is 1. The van der Waals surface area contributed by atoms with Crippen LogP contribution in [0.25, 0.3) is 0 Å². The molecule has 0 aliphatic heterocycles. The summed E-state index contributed by atoms with van der Waals surface area (Å²) in [6.07, 6.45) is 0.946. The molecular formula is C20H25N3O7S2. The van der Waals surface area contributed by atoms with Crippen LogP contribution < -0.4 is 10.0 Å². The van der Waals surface area contributed by atoms with Crippen LogP contribution in [0.1, 0.15) is 24.2 Å². The van der Waals surface area contributed by atoms with E-state index in [9.17, 15) is 26.4 Å². The molecule has 12 heteroatoms. The molecule has 0 atom stereocenters. The minimum atomic E-state index is -3.61. The van der Waals surface area contributed by atoms with Gasteiger partial charge in [-0.25, -0.2) is 21.6 Å². The molecule has 1 amide bonds.